The van der Waals surface area contributed by atoms with E-state index in [2.05, 4.69) is 15.4 Å². The Kier molecular flexibility index (Phi) is 4.46. The first-order valence-corrected chi connectivity index (χ1v) is 7.22. The van der Waals surface area contributed by atoms with Crippen LogP contribution in [0, 0.1) is 0 Å². The Labute approximate surface area is 138 Å². The third-order valence-electron chi connectivity index (χ3n) is 2.72. The van der Waals surface area contributed by atoms with Gasteiger partial charge in [0, 0.05) is 14.1 Å². The van der Waals surface area contributed by atoms with Crippen LogP contribution in [0.15, 0.2) is 12.4 Å². The van der Waals surface area contributed by atoms with Crippen molar-refractivity contribution in [3.63, 3.8) is 0 Å². The van der Waals surface area contributed by atoms with Crippen LogP contribution in [0.2, 0.25) is 5.15 Å². The molecular formula is C14H18ClN5O3. The van der Waals surface area contributed by atoms with Crippen molar-refractivity contribution in [2.45, 2.75) is 26.4 Å². The minimum Gasteiger partial charge on any atom is -0.444 e. The second-order valence-corrected chi connectivity index (χ2v) is 6.48. The highest BCUT2D eigenvalue weighted by Crippen LogP contribution is 2.23. The average Bonchev–Trinajstić information content (AvgIpc) is 2.75. The van der Waals surface area contributed by atoms with Crippen molar-refractivity contribution in [1.29, 1.82) is 0 Å². The number of carbonyl (C=O) groups excluding carboxylic acids is 2. The fraction of sp³-hybridized carbons (Fsp3) is 0.429. The molecule has 0 radical (unpaired) electrons. The Morgan fingerprint density at radius 2 is 2.00 bits per heavy atom. The number of rotatable bonds is 2. The predicted octanol–water partition coefficient (Wildman–Crippen LogP) is 2.43. The fourth-order valence-corrected chi connectivity index (χ4v) is 2.02. The summed E-state index contributed by atoms with van der Waals surface area (Å²) in [6.45, 7) is 5.23. The molecule has 0 saturated carbocycles. The molecule has 0 atom stereocenters. The van der Waals surface area contributed by atoms with Crippen LogP contribution in [-0.2, 0) is 4.74 Å². The molecular weight excluding hydrogens is 322 g/mol. The number of carbonyl (C=O) groups is 2. The Hall–Kier alpha value is -2.35. The number of anilines is 1. The minimum atomic E-state index is -0.686. The molecule has 0 aliphatic carbocycles. The SMILES string of the molecule is CN(C)C(=O)c1c(NC(=O)OC(C)(C)C)cnn2cc(Cl)nc12. The van der Waals surface area contributed by atoms with E-state index in [1.807, 2.05) is 0 Å². The standard InChI is InChI=1S/C14H18ClN5O3/c1-14(2,3)23-13(22)17-8-6-16-20-7-9(15)18-11(20)10(8)12(21)19(4)5/h6-7H,1-5H3,(H,17,22). The Bertz CT molecular complexity index is 764. The van der Waals surface area contributed by atoms with Gasteiger partial charge in [-0.15, -0.1) is 0 Å². The monoisotopic (exact) mass is 339 g/mol. The van der Waals surface area contributed by atoms with Gasteiger partial charge in [0.25, 0.3) is 5.91 Å². The molecule has 0 aliphatic heterocycles. The van der Waals surface area contributed by atoms with E-state index in [0.717, 1.165) is 0 Å². The molecule has 23 heavy (non-hydrogen) atoms. The summed E-state index contributed by atoms with van der Waals surface area (Å²) in [5.74, 6) is -0.342. The summed E-state index contributed by atoms with van der Waals surface area (Å²) in [5.41, 5.74) is -0.0260. The third-order valence-corrected chi connectivity index (χ3v) is 2.90. The van der Waals surface area contributed by atoms with Gasteiger partial charge < -0.3 is 9.64 Å². The lowest BCUT2D eigenvalue weighted by atomic mass is 10.2. The molecule has 0 bridgehead atoms. The quantitative estimate of drug-likeness (QED) is 0.907. The first-order chi connectivity index (χ1) is 10.6. The number of hydrogen-bond donors (Lipinski definition) is 1. The molecule has 2 rings (SSSR count). The van der Waals surface area contributed by atoms with Crippen LogP contribution >= 0.6 is 11.6 Å². The molecule has 0 unspecified atom stereocenters. The van der Waals surface area contributed by atoms with Gasteiger partial charge in [-0.25, -0.2) is 14.3 Å². The van der Waals surface area contributed by atoms with Crippen LogP contribution in [0.4, 0.5) is 10.5 Å². The van der Waals surface area contributed by atoms with E-state index in [-0.39, 0.29) is 28.0 Å². The maximum atomic E-state index is 12.5. The molecule has 0 aliphatic rings. The van der Waals surface area contributed by atoms with Gasteiger partial charge in [0.2, 0.25) is 0 Å². The van der Waals surface area contributed by atoms with E-state index in [1.54, 1.807) is 34.9 Å². The maximum Gasteiger partial charge on any atom is 0.412 e. The zero-order chi connectivity index (χ0) is 17.4. The molecule has 2 heterocycles. The van der Waals surface area contributed by atoms with Crippen molar-refractivity contribution in [3.8, 4) is 0 Å². The highest BCUT2D eigenvalue weighted by atomic mass is 35.5. The van der Waals surface area contributed by atoms with Crippen molar-refractivity contribution in [3.05, 3.63) is 23.1 Å². The van der Waals surface area contributed by atoms with Crippen molar-refractivity contribution in [1.82, 2.24) is 19.5 Å². The first kappa shape index (κ1) is 17.0. The van der Waals surface area contributed by atoms with E-state index in [1.165, 1.54) is 21.8 Å². The predicted molar refractivity (Wildman–Crippen MR) is 85.9 cm³/mol. The first-order valence-electron chi connectivity index (χ1n) is 6.84. The number of ether oxygens (including phenoxy) is 1. The molecule has 0 aromatic carbocycles. The molecule has 8 nitrogen and oxygen atoms in total. The van der Waals surface area contributed by atoms with E-state index >= 15 is 0 Å². The molecule has 1 N–H and O–H groups in total. The van der Waals surface area contributed by atoms with E-state index in [9.17, 15) is 9.59 Å². The zero-order valence-electron chi connectivity index (χ0n) is 13.5. The van der Waals surface area contributed by atoms with Gasteiger partial charge in [-0.3, -0.25) is 10.1 Å². The van der Waals surface area contributed by atoms with Gasteiger partial charge in [0.1, 0.15) is 16.3 Å². The Balaban J connectivity index is 2.48. The smallest absolute Gasteiger partial charge is 0.412 e. The lowest BCUT2D eigenvalue weighted by molar-refractivity contribution is 0.0636. The van der Waals surface area contributed by atoms with Gasteiger partial charge >= 0.3 is 6.09 Å². The second kappa shape index (κ2) is 6.04. The number of imidazole rings is 1. The van der Waals surface area contributed by atoms with Gasteiger partial charge in [-0.05, 0) is 20.8 Å². The number of nitrogens with one attached hydrogen (secondary N) is 1. The van der Waals surface area contributed by atoms with Gasteiger partial charge in [-0.1, -0.05) is 11.6 Å². The maximum absolute atomic E-state index is 12.5. The molecule has 2 aromatic rings. The fourth-order valence-electron chi connectivity index (χ4n) is 1.85. The van der Waals surface area contributed by atoms with Crippen LogP contribution in [0.1, 0.15) is 31.1 Å². The molecule has 0 fully saturated rings. The highest BCUT2D eigenvalue weighted by molar-refractivity contribution is 6.29. The van der Waals surface area contributed by atoms with Gasteiger partial charge in [0.05, 0.1) is 18.1 Å². The van der Waals surface area contributed by atoms with Gasteiger partial charge in [0.15, 0.2) is 5.65 Å². The minimum absolute atomic E-state index is 0.183. The lowest BCUT2D eigenvalue weighted by Crippen LogP contribution is -2.29. The van der Waals surface area contributed by atoms with Crippen LogP contribution in [0.5, 0.6) is 0 Å². The van der Waals surface area contributed by atoms with Crippen LogP contribution in [0.3, 0.4) is 0 Å². The third kappa shape index (κ3) is 3.89. The summed E-state index contributed by atoms with van der Waals surface area (Å²) < 4.78 is 6.57. The van der Waals surface area contributed by atoms with Crippen molar-refractivity contribution in [2.24, 2.45) is 0 Å². The van der Waals surface area contributed by atoms with Crippen molar-refractivity contribution >= 4 is 34.9 Å². The number of hydrogen-bond acceptors (Lipinski definition) is 5. The summed E-state index contributed by atoms with van der Waals surface area (Å²) >= 11 is 5.88. The van der Waals surface area contributed by atoms with E-state index < -0.39 is 11.7 Å². The topological polar surface area (TPSA) is 88.8 Å². The largest absolute Gasteiger partial charge is 0.444 e. The molecule has 0 saturated heterocycles. The van der Waals surface area contributed by atoms with E-state index in [0.29, 0.717) is 0 Å². The zero-order valence-corrected chi connectivity index (χ0v) is 14.3. The Morgan fingerprint density at radius 1 is 1.35 bits per heavy atom. The average molecular weight is 340 g/mol. The summed E-state index contributed by atoms with van der Waals surface area (Å²) in [6, 6.07) is 0. The number of amides is 2. The van der Waals surface area contributed by atoms with Crippen molar-refractivity contribution < 1.29 is 14.3 Å². The van der Waals surface area contributed by atoms with E-state index in [4.69, 9.17) is 16.3 Å². The number of aromatic nitrogens is 3. The van der Waals surface area contributed by atoms with Crippen LogP contribution in [0.25, 0.3) is 5.65 Å². The summed E-state index contributed by atoms with van der Waals surface area (Å²) in [5, 5.41) is 6.81. The number of halogens is 1. The van der Waals surface area contributed by atoms with Crippen LogP contribution in [-0.4, -0.2) is 51.2 Å². The Morgan fingerprint density at radius 3 is 2.57 bits per heavy atom. The number of nitrogens with zero attached hydrogens (tertiary/aromatic N) is 4. The van der Waals surface area contributed by atoms with Crippen LogP contribution < -0.4 is 5.32 Å². The normalized spacial score (nSPS) is 11.4. The summed E-state index contributed by atoms with van der Waals surface area (Å²) in [7, 11) is 3.20. The molecule has 9 heteroatoms. The summed E-state index contributed by atoms with van der Waals surface area (Å²) in [4.78, 5) is 29.9. The number of fused-ring (bicyclic) bond motifs is 1. The second-order valence-electron chi connectivity index (χ2n) is 6.09. The molecule has 0 spiro atoms. The summed E-state index contributed by atoms with van der Waals surface area (Å²) in [6.07, 6.45) is 2.14. The molecule has 2 aromatic heterocycles. The molecule has 124 valence electrons. The lowest BCUT2D eigenvalue weighted by Gasteiger charge is -2.20. The van der Waals surface area contributed by atoms with Crippen molar-refractivity contribution in [2.75, 3.05) is 19.4 Å². The van der Waals surface area contributed by atoms with Gasteiger partial charge in [-0.2, -0.15) is 5.10 Å². The highest BCUT2D eigenvalue weighted by Gasteiger charge is 2.23. The molecule has 2 amide bonds.